The Balaban J connectivity index is 1.70. The monoisotopic (exact) mass is 490 g/mol. The van der Waals surface area contributed by atoms with Crippen LogP contribution in [-0.4, -0.2) is 52.7 Å². The summed E-state index contributed by atoms with van der Waals surface area (Å²) in [6, 6.07) is 11.1. The van der Waals surface area contributed by atoms with E-state index in [0.29, 0.717) is 28.9 Å². The number of nitrogens with zero attached hydrogens (tertiary/aromatic N) is 3. The third-order valence-electron chi connectivity index (χ3n) is 5.52. The van der Waals surface area contributed by atoms with Gasteiger partial charge in [0.25, 0.3) is 5.91 Å². The highest BCUT2D eigenvalue weighted by molar-refractivity contribution is 6.02. The molecule has 4 N–H and O–H groups in total. The van der Waals surface area contributed by atoms with E-state index in [2.05, 4.69) is 15.7 Å². The first-order valence-corrected chi connectivity index (χ1v) is 11.3. The average molecular weight is 491 g/mol. The van der Waals surface area contributed by atoms with Gasteiger partial charge in [-0.25, -0.2) is 14.6 Å². The Morgan fingerprint density at radius 1 is 1.08 bits per heavy atom. The van der Waals surface area contributed by atoms with Crippen LogP contribution < -0.4 is 25.9 Å². The summed E-state index contributed by atoms with van der Waals surface area (Å²) >= 11 is 0. The Labute approximate surface area is 206 Å². The maximum Gasteiger partial charge on any atom is 0.333 e. The lowest BCUT2D eigenvalue weighted by molar-refractivity contribution is 0.0836. The predicted octanol–water partition coefficient (Wildman–Crippen LogP) is 3.61. The van der Waals surface area contributed by atoms with Gasteiger partial charge < -0.3 is 20.5 Å². The number of fused-ring (bicyclic) bond motifs is 2. The highest BCUT2D eigenvalue weighted by Crippen LogP contribution is 2.34. The molecular weight excluding hydrogens is 464 g/mol. The van der Waals surface area contributed by atoms with Gasteiger partial charge in [-0.15, -0.1) is 0 Å². The SMILES string of the molecule is CCNC(=O)n1ccc2cc(Oc3ccnc4cc(OC)c(C(=O)NN(CC)C(N)=O)cc34)ccc21. The van der Waals surface area contributed by atoms with Crippen LogP contribution in [-0.2, 0) is 0 Å². The van der Waals surface area contributed by atoms with Crippen molar-refractivity contribution in [3.63, 3.8) is 0 Å². The normalized spacial score (nSPS) is 10.8. The standard InChI is InChI=1S/C25H26N6O5/c1-4-27-25(34)30-11-9-15-12-16(6-7-20(15)30)36-21-8-10-28-19-14-22(35-3)18(13-17(19)21)23(32)29-31(5-2)24(26)33/h6-14H,4-5H2,1-3H3,(H2,26,33)(H,27,34)(H,29,32). The van der Waals surface area contributed by atoms with Crippen molar-refractivity contribution in [1.29, 1.82) is 0 Å². The van der Waals surface area contributed by atoms with Crippen molar-refractivity contribution < 1.29 is 23.9 Å². The molecule has 0 radical (unpaired) electrons. The van der Waals surface area contributed by atoms with Crippen LogP contribution in [0.2, 0.25) is 0 Å². The number of carbonyl (C=O) groups excluding carboxylic acids is 3. The summed E-state index contributed by atoms with van der Waals surface area (Å²) in [5.74, 6) is 0.702. The van der Waals surface area contributed by atoms with Crippen LogP contribution in [0.5, 0.6) is 17.2 Å². The van der Waals surface area contributed by atoms with Gasteiger partial charge in [0, 0.05) is 42.3 Å². The van der Waals surface area contributed by atoms with Gasteiger partial charge >= 0.3 is 12.1 Å². The molecule has 11 nitrogen and oxygen atoms in total. The number of pyridine rings is 1. The van der Waals surface area contributed by atoms with Crippen LogP contribution in [0.15, 0.2) is 54.9 Å². The van der Waals surface area contributed by atoms with Crippen molar-refractivity contribution in [2.75, 3.05) is 20.2 Å². The van der Waals surface area contributed by atoms with Gasteiger partial charge in [-0.05, 0) is 50.2 Å². The fourth-order valence-electron chi connectivity index (χ4n) is 3.78. The largest absolute Gasteiger partial charge is 0.496 e. The number of primary amides is 1. The van der Waals surface area contributed by atoms with Crippen LogP contribution in [0.4, 0.5) is 9.59 Å². The van der Waals surface area contributed by atoms with Gasteiger partial charge in [0.15, 0.2) is 0 Å². The van der Waals surface area contributed by atoms with Crippen LogP contribution in [0, 0.1) is 0 Å². The second-order valence-corrected chi connectivity index (χ2v) is 7.75. The maximum absolute atomic E-state index is 12.9. The summed E-state index contributed by atoms with van der Waals surface area (Å²) in [5, 5.41) is 5.15. The minimum Gasteiger partial charge on any atom is -0.496 e. The molecule has 4 amide bonds. The smallest absolute Gasteiger partial charge is 0.333 e. The lowest BCUT2D eigenvalue weighted by atomic mass is 10.1. The Hall–Kier alpha value is -4.80. The van der Waals surface area contributed by atoms with E-state index in [9.17, 15) is 14.4 Å². The highest BCUT2D eigenvalue weighted by atomic mass is 16.5. The van der Waals surface area contributed by atoms with Crippen LogP contribution in [0.1, 0.15) is 24.2 Å². The van der Waals surface area contributed by atoms with E-state index < -0.39 is 11.9 Å². The number of rotatable bonds is 6. The van der Waals surface area contributed by atoms with Gasteiger partial charge in [-0.3, -0.25) is 19.8 Å². The van der Waals surface area contributed by atoms with Crippen molar-refractivity contribution in [3.8, 4) is 17.2 Å². The molecule has 36 heavy (non-hydrogen) atoms. The number of nitrogens with one attached hydrogen (secondary N) is 2. The fourth-order valence-corrected chi connectivity index (χ4v) is 3.78. The Morgan fingerprint density at radius 3 is 2.58 bits per heavy atom. The molecule has 0 saturated heterocycles. The highest BCUT2D eigenvalue weighted by Gasteiger charge is 2.20. The Bertz CT molecular complexity index is 1460. The maximum atomic E-state index is 12.9. The van der Waals surface area contributed by atoms with E-state index in [4.69, 9.17) is 15.2 Å². The zero-order valence-electron chi connectivity index (χ0n) is 20.1. The van der Waals surface area contributed by atoms with E-state index in [1.807, 2.05) is 19.1 Å². The molecule has 4 aromatic rings. The molecule has 2 aromatic heterocycles. The zero-order chi connectivity index (χ0) is 25.8. The number of nitrogens with two attached hydrogens (primary N) is 1. The van der Waals surface area contributed by atoms with Crippen molar-refractivity contribution in [2.45, 2.75) is 13.8 Å². The zero-order valence-corrected chi connectivity index (χ0v) is 20.1. The first-order valence-electron chi connectivity index (χ1n) is 11.3. The molecule has 11 heteroatoms. The van der Waals surface area contributed by atoms with Crippen molar-refractivity contribution in [3.05, 3.63) is 60.4 Å². The van der Waals surface area contributed by atoms with Gasteiger partial charge in [-0.2, -0.15) is 0 Å². The molecule has 0 aliphatic heterocycles. The second-order valence-electron chi connectivity index (χ2n) is 7.75. The molecule has 0 unspecified atom stereocenters. The topological polar surface area (TPSA) is 141 Å². The molecule has 0 spiro atoms. The number of urea groups is 1. The second kappa shape index (κ2) is 10.2. The van der Waals surface area contributed by atoms with E-state index >= 15 is 0 Å². The number of ether oxygens (including phenoxy) is 2. The molecule has 0 aliphatic carbocycles. The minimum absolute atomic E-state index is 0.178. The van der Waals surface area contributed by atoms with Gasteiger partial charge in [0.1, 0.15) is 17.2 Å². The fraction of sp³-hybridized carbons (Fsp3) is 0.200. The first kappa shape index (κ1) is 24.3. The van der Waals surface area contributed by atoms with Crippen molar-refractivity contribution in [1.82, 2.24) is 25.3 Å². The molecule has 0 aliphatic rings. The van der Waals surface area contributed by atoms with E-state index in [0.717, 1.165) is 15.9 Å². The molecule has 0 bridgehead atoms. The number of hydrogen-bond acceptors (Lipinski definition) is 6. The third-order valence-corrected chi connectivity index (χ3v) is 5.52. The quantitative estimate of drug-likeness (QED) is 0.353. The summed E-state index contributed by atoms with van der Waals surface area (Å²) in [6.07, 6.45) is 3.29. The van der Waals surface area contributed by atoms with Gasteiger partial charge in [0.05, 0.1) is 23.7 Å². The Morgan fingerprint density at radius 2 is 1.89 bits per heavy atom. The first-order chi connectivity index (χ1) is 17.4. The van der Waals surface area contributed by atoms with E-state index in [1.54, 1.807) is 49.6 Å². The molecule has 186 valence electrons. The van der Waals surface area contributed by atoms with Crippen LogP contribution in [0.3, 0.4) is 0 Å². The summed E-state index contributed by atoms with van der Waals surface area (Å²) in [5.41, 5.74) is 9.25. The van der Waals surface area contributed by atoms with E-state index in [-0.39, 0.29) is 23.9 Å². The summed E-state index contributed by atoms with van der Waals surface area (Å²) in [7, 11) is 1.44. The molecule has 4 rings (SSSR count). The number of methoxy groups -OCH3 is 1. The molecule has 0 saturated carbocycles. The lowest BCUT2D eigenvalue weighted by Crippen LogP contribution is -2.48. The lowest BCUT2D eigenvalue weighted by Gasteiger charge is -2.20. The van der Waals surface area contributed by atoms with Gasteiger partial charge in [0.2, 0.25) is 0 Å². The average Bonchev–Trinajstić information content (AvgIpc) is 3.30. The Kier molecular flexibility index (Phi) is 6.91. The number of hydrogen-bond donors (Lipinski definition) is 3. The predicted molar refractivity (Wildman–Crippen MR) is 134 cm³/mol. The van der Waals surface area contributed by atoms with Crippen molar-refractivity contribution in [2.24, 2.45) is 5.73 Å². The number of hydrazine groups is 1. The van der Waals surface area contributed by atoms with Crippen LogP contribution in [0.25, 0.3) is 21.8 Å². The van der Waals surface area contributed by atoms with E-state index in [1.165, 1.54) is 11.7 Å². The number of amides is 4. The summed E-state index contributed by atoms with van der Waals surface area (Å²) < 4.78 is 13.1. The number of benzene rings is 2. The van der Waals surface area contributed by atoms with Crippen molar-refractivity contribution >= 4 is 39.8 Å². The third kappa shape index (κ3) is 4.71. The molecule has 2 aromatic carbocycles. The van der Waals surface area contributed by atoms with Gasteiger partial charge in [-0.1, -0.05) is 0 Å². The minimum atomic E-state index is -0.785. The molecule has 0 fully saturated rings. The summed E-state index contributed by atoms with van der Waals surface area (Å²) in [4.78, 5) is 41.1. The van der Waals surface area contributed by atoms with Crippen LogP contribution >= 0.6 is 0 Å². The number of carbonyl (C=O) groups is 3. The summed E-state index contributed by atoms with van der Waals surface area (Å²) in [6.45, 7) is 4.26. The molecule has 0 atom stereocenters. The number of aromatic nitrogens is 2. The molecule has 2 heterocycles. The molecular formula is C25H26N6O5.